The Bertz CT molecular complexity index is 945. The largest absolute Gasteiger partial charge is 0.497 e. The lowest BCUT2D eigenvalue weighted by atomic mass is 9.81. The summed E-state index contributed by atoms with van der Waals surface area (Å²) in [6.07, 6.45) is 0.585. The fourth-order valence-corrected chi connectivity index (χ4v) is 4.14. The summed E-state index contributed by atoms with van der Waals surface area (Å²) in [6, 6.07) is 12.6. The Balaban J connectivity index is 1.58. The normalized spacial score (nSPS) is 20.5. The van der Waals surface area contributed by atoms with Gasteiger partial charge >= 0.3 is 6.03 Å². The number of carbonyl (C=O) groups excluding carboxylic acids is 2. The van der Waals surface area contributed by atoms with Gasteiger partial charge in [-0.3, -0.25) is 4.79 Å². The first-order valence-electron chi connectivity index (χ1n) is 9.15. The topological polar surface area (TPSA) is 71.1 Å². The van der Waals surface area contributed by atoms with Crippen LogP contribution in [-0.2, 0) is 10.2 Å². The van der Waals surface area contributed by atoms with E-state index in [0.717, 1.165) is 11.3 Å². The summed E-state index contributed by atoms with van der Waals surface area (Å²) < 4.78 is 10.6. The maximum atomic E-state index is 13.1. The van der Waals surface area contributed by atoms with E-state index in [1.54, 1.807) is 43.2 Å². The zero-order valence-corrected chi connectivity index (χ0v) is 16.2. The van der Waals surface area contributed by atoms with E-state index < -0.39 is 5.41 Å². The van der Waals surface area contributed by atoms with Crippen LogP contribution < -0.4 is 19.7 Å². The van der Waals surface area contributed by atoms with E-state index >= 15 is 0 Å². The monoisotopic (exact) mass is 381 g/mol. The van der Waals surface area contributed by atoms with Crippen LogP contribution in [0.15, 0.2) is 42.5 Å². The van der Waals surface area contributed by atoms with E-state index in [9.17, 15) is 9.59 Å². The molecule has 2 aromatic rings. The molecule has 2 aromatic carbocycles. The molecular formula is C21H23N3O4. The summed E-state index contributed by atoms with van der Waals surface area (Å²) in [4.78, 5) is 29.3. The number of methoxy groups -OCH3 is 2. The van der Waals surface area contributed by atoms with Gasteiger partial charge in [-0.15, -0.1) is 0 Å². The van der Waals surface area contributed by atoms with Gasteiger partial charge in [0, 0.05) is 37.6 Å². The summed E-state index contributed by atoms with van der Waals surface area (Å²) >= 11 is 0. The van der Waals surface area contributed by atoms with Crippen LogP contribution in [0.4, 0.5) is 16.2 Å². The van der Waals surface area contributed by atoms with Crippen molar-refractivity contribution in [2.45, 2.75) is 11.8 Å². The van der Waals surface area contributed by atoms with E-state index in [4.69, 9.17) is 9.47 Å². The number of urea groups is 1. The Morgan fingerprint density at radius 1 is 1.11 bits per heavy atom. The van der Waals surface area contributed by atoms with Crippen molar-refractivity contribution < 1.29 is 19.1 Å². The number of anilines is 2. The van der Waals surface area contributed by atoms with Crippen LogP contribution in [0.5, 0.6) is 11.5 Å². The third kappa shape index (κ3) is 2.74. The number of benzene rings is 2. The molecule has 0 aromatic heterocycles. The number of likely N-dealkylation sites (tertiary alicyclic amines) is 1. The fraction of sp³-hybridized carbons (Fsp3) is 0.333. The molecule has 3 amide bonds. The zero-order chi connectivity index (χ0) is 19.9. The minimum Gasteiger partial charge on any atom is -0.497 e. The summed E-state index contributed by atoms with van der Waals surface area (Å²) in [5, 5.41) is 2.89. The summed E-state index contributed by atoms with van der Waals surface area (Å²) in [7, 11) is 4.97. The molecule has 0 saturated carbocycles. The molecule has 2 heterocycles. The van der Waals surface area contributed by atoms with Crippen molar-refractivity contribution in [1.29, 1.82) is 0 Å². The SMILES string of the molecule is COc1cccc(NC(=O)N2CC[C@@]3(C2)C(=O)N(C)c2ccc(OC)cc23)c1. The molecule has 0 radical (unpaired) electrons. The van der Waals surface area contributed by atoms with Crippen molar-refractivity contribution >= 4 is 23.3 Å². The molecule has 0 unspecified atom stereocenters. The van der Waals surface area contributed by atoms with Gasteiger partial charge in [0.05, 0.1) is 19.6 Å². The van der Waals surface area contributed by atoms with Gasteiger partial charge in [0.25, 0.3) is 0 Å². The summed E-state index contributed by atoms with van der Waals surface area (Å²) in [5.74, 6) is 1.40. The highest BCUT2D eigenvalue weighted by Gasteiger charge is 2.54. The molecule has 1 N–H and O–H groups in total. The number of likely N-dealkylation sites (N-methyl/N-ethyl adjacent to an activating group) is 1. The minimum absolute atomic E-state index is 0.0208. The Kier molecular flexibility index (Phi) is 4.37. The van der Waals surface area contributed by atoms with Crippen LogP contribution in [0, 0.1) is 0 Å². The molecule has 2 aliphatic rings. The first kappa shape index (κ1) is 18.2. The molecule has 4 rings (SSSR count). The summed E-state index contributed by atoms with van der Waals surface area (Å²) in [6.45, 7) is 0.845. The molecule has 7 nitrogen and oxygen atoms in total. The zero-order valence-electron chi connectivity index (χ0n) is 16.2. The quantitative estimate of drug-likeness (QED) is 0.888. The molecule has 2 aliphatic heterocycles. The van der Waals surface area contributed by atoms with Gasteiger partial charge in [-0.1, -0.05) is 6.07 Å². The minimum atomic E-state index is -0.718. The van der Waals surface area contributed by atoms with Crippen LogP contribution >= 0.6 is 0 Å². The van der Waals surface area contributed by atoms with Gasteiger partial charge in [0.2, 0.25) is 5.91 Å². The molecule has 0 bridgehead atoms. The average Bonchev–Trinajstić information content (AvgIpc) is 3.26. The molecule has 1 spiro atoms. The number of carbonyl (C=O) groups is 2. The molecule has 146 valence electrons. The number of nitrogens with one attached hydrogen (secondary N) is 1. The van der Waals surface area contributed by atoms with Crippen LogP contribution in [-0.4, -0.2) is 51.2 Å². The van der Waals surface area contributed by atoms with Gasteiger partial charge in [-0.25, -0.2) is 4.79 Å². The van der Waals surface area contributed by atoms with E-state index in [2.05, 4.69) is 5.32 Å². The van der Waals surface area contributed by atoms with Crippen molar-refractivity contribution in [2.75, 3.05) is 44.6 Å². The predicted octanol–water partition coefficient (Wildman–Crippen LogP) is 2.86. The third-order valence-corrected chi connectivity index (χ3v) is 5.67. The van der Waals surface area contributed by atoms with Crippen molar-refractivity contribution in [3.63, 3.8) is 0 Å². The first-order valence-corrected chi connectivity index (χ1v) is 9.15. The first-order chi connectivity index (χ1) is 13.5. The van der Waals surface area contributed by atoms with Crippen LogP contribution in [0.3, 0.4) is 0 Å². The average molecular weight is 381 g/mol. The highest BCUT2D eigenvalue weighted by Crippen LogP contribution is 2.48. The molecular weight excluding hydrogens is 358 g/mol. The van der Waals surface area contributed by atoms with Crippen molar-refractivity contribution in [3.8, 4) is 11.5 Å². The van der Waals surface area contributed by atoms with E-state index in [-0.39, 0.29) is 11.9 Å². The maximum absolute atomic E-state index is 13.1. The fourth-order valence-electron chi connectivity index (χ4n) is 4.14. The van der Waals surface area contributed by atoms with Gasteiger partial charge in [-0.2, -0.15) is 0 Å². The van der Waals surface area contributed by atoms with Gasteiger partial charge in [0.15, 0.2) is 0 Å². The molecule has 1 saturated heterocycles. The second-order valence-electron chi connectivity index (χ2n) is 7.16. The van der Waals surface area contributed by atoms with Crippen molar-refractivity contribution in [2.24, 2.45) is 0 Å². The van der Waals surface area contributed by atoms with Crippen LogP contribution in [0.25, 0.3) is 0 Å². The number of nitrogens with zero attached hydrogens (tertiary/aromatic N) is 2. The Morgan fingerprint density at radius 2 is 1.86 bits per heavy atom. The molecule has 28 heavy (non-hydrogen) atoms. The Labute approximate surface area is 163 Å². The van der Waals surface area contributed by atoms with E-state index in [1.807, 2.05) is 30.3 Å². The smallest absolute Gasteiger partial charge is 0.321 e. The number of fused-ring (bicyclic) bond motifs is 2. The molecule has 1 atom stereocenters. The second-order valence-corrected chi connectivity index (χ2v) is 7.16. The number of ether oxygens (including phenoxy) is 2. The van der Waals surface area contributed by atoms with Gasteiger partial charge in [-0.05, 0) is 42.3 Å². The van der Waals surface area contributed by atoms with Gasteiger partial charge < -0.3 is 24.6 Å². The lowest BCUT2D eigenvalue weighted by Crippen LogP contribution is -2.42. The molecule has 1 fully saturated rings. The third-order valence-electron chi connectivity index (χ3n) is 5.67. The number of rotatable bonds is 3. The number of hydrogen-bond acceptors (Lipinski definition) is 4. The summed E-state index contributed by atoms with van der Waals surface area (Å²) in [5.41, 5.74) is 1.74. The Hall–Kier alpha value is -3.22. The highest BCUT2D eigenvalue weighted by molar-refractivity contribution is 6.09. The van der Waals surface area contributed by atoms with Crippen LogP contribution in [0.2, 0.25) is 0 Å². The highest BCUT2D eigenvalue weighted by atomic mass is 16.5. The lowest BCUT2D eigenvalue weighted by molar-refractivity contribution is -0.122. The van der Waals surface area contributed by atoms with E-state index in [0.29, 0.717) is 36.7 Å². The lowest BCUT2D eigenvalue weighted by Gasteiger charge is -2.24. The second kappa shape index (κ2) is 6.74. The molecule has 0 aliphatic carbocycles. The van der Waals surface area contributed by atoms with Crippen LogP contribution in [0.1, 0.15) is 12.0 Å². The number of amides is 3. The Morgan fingerprint density at radius 3 is 2.61 bits per heavy atom. The van der Waals surface area contributed by atoms with Gasteiger partial charge in [0.1, 0.15) is 11.5 Å². The van der Waals surface area contributed by atoms with Crippen molar-refractivity contribution in [3.05, 3.63) is 48.0 Å². The van der Waals surface area contributed by atoms with Crippen molar-refractivity contribution in [1.82, 2.24) is 4.90 Å². The standard InChI is InChI=1S/C21H23N3O4/c1-23-18-8-7-16(28-3)12-17(18)21(19(23)25)9-10-24(13-21)20(26)22-14-5-4-6-15(11-14)27-2/h4-8,11-12H,9-10,13H2,1-3H3,(H,22,26)/t21-/m0/s1. The number of hydrogen-bond donors (Lipinski definition) is 1. The molecule has 7 heteroatoms. The van der Waals surface area contributed by atoms with E-state index in [1.165, 1.54) is 0 Å². The predicted molar refractivity (Wildman–Crippen MR) is 106 cm³/mol. The maximum Gasteiger partial charge on any atom is 0.321 e.